The quantitative estimate of drug-likeness (QED) is 0.773. The highest BCUT2D eigenvalue weighted by Gasteiger charge is 2.25. The van der Waals surface area contributed by atoms with Gasteiger partial charge in [0.2, 0.25) is 0 Å². The third kappa shape index (κ3) is 1.51. The van der Waals surface area contributed by atoms with Crippen molar-refractivity contribution in [2.24, 2.45) is 10.7 Å². The first-order valence-corrected chi connectivity index (χ1v) is 5.96. The molecule has 2 aliphatic rings. The molecule has 1 aromatic carbocycles. The summed E-state index contributed by atoms with van der Waals surface area (Å²) in [6.45, 7) is 0. The zero-order chi connectivity index (χ0) is 11.0. The van der Waals surface area contributed by atoms with E-state index in [-0.39, 0.29) is 6.04 Å². The number of benzene rings is 1. The van der Waals surface area contributed by atoms with E-state index < -0.39 is 0 Å². The molecule has 0 spiro atoms. The van der Waals surface area contributed by atoms with Gasteiger partial charge in [-0.2, -0.15) is 0 Å². The molecular formula is C12H11N3S. The van der Waals surface area contributed by atoms with E-state index in [1.165, 1.54) is 4.91 Å². The molecule has 0 amide bonds. The molecule has 1 aromatic rings. The lowest BCUT2D eigenvalue weighted by Crippen LogP contribution is -2.36. The Kier molecular flexibility index (Phi) is 2.22. The van der Waals surface area contributed by atoms with E-state index in [0.29, 0.717) is 5.96 Å². The Morgan fingerprint density at radius 2 is 2.06 bits per heavy atom. The smallest absolute Gasteiger partial charge is 0.194 e. The predicted octanol–water partition coefficient (Wildman–Crippen LogP) is 1.90. The highest BCUT2D eigenvalue weighted by molar-refractivity contribution is 8.06. The molecule has 3 nitrogen and oxygen atoms in total. The molecule has 3 N–H and O–H groups in total. The van der Waals surface area contributed by atoms with E-state index in [4.69, 9.17) is 5.73 Å². The standard InChI is InChI=1S/C12H11N3S/c13-12-14-9-6-7-16-11(9)10(15-12)8-4-2-1-3-5-8/h1-7,9H,(H3,13,14,15). The number of fused-ring (bicyclic) bond motifs is 1. The summed E-state index contributed by atoms with van der Waals surface area (Å²) < 4.78 is 0. The zero-order valence-corrected chi connectivity index (χ0v) is 9.37. The van der Waals surface area contributed by atoms with E-state index in [0.717, 1.165) is 11.3 Å². The summed E-state index contributed by atoms with van der Waals surface area (Å²) in [4.78, 5) is 5.56. The second-order valence-electron chi connectivity index (χ2n) is 3.64. The van der Waals surface area contributed by atoms with Gasteiger partial charge in [-0.1, -0.05) is 42.1 Å². The van der Waals surface area contributed by atoms with Gasteiger partial charge in [0.1, 0.15) is 6.04 Å². The first-order valence-electron chi connectivity index (χ1n) is 5.08. The largest absolute Gasteiger partial charge is 0.370 e. The van der Waals surface area contributed by atoms with Crippen molar-refractivity contribution in [1.82, 2.24) is 5.32 Å². The fraction of sp³-hybridized carbons (Fsp3) is 0.0833. The van der Waals surface area contributed by atoms with Gasteiger partial charge in [-0.25, -0.2) is 4.99 Å². The number of hydrogen-bond acceptors (Lipinski definition) is 4. The molecule has 0 aromatic heterocycles. The van der Waals surface area contributed by atoms with Crippen LogP contribution in [0.1, 0.15) is 5.56 Å². The number of aliphatic imine (C=N–C) groups is 1. The summed E-state index contributed by atoms with van der Waals surface area (Å²) in [6, 6.07) is 10.3. The third-order valence-electron chi connectivity index (χ3n) is 2.56. The molecular weight excluding hydrogens is 218 g/mol. The maximum absolute atomic E-state index is 5.78. The fourth-order valence-corrected chi connectivity index (χ4v) is 2.78. The minimum absolute atomic E-state index is 0.0986. The fourth-order valence-electron chi connectivity index (χ4n) is 1.84. The predicted molar refractivity (Wildman–Crippen MR) is 68.6 cm³/mol. The molecule has 80 valence electrons. The second kappa shape index (κ2) is 3.72. The molecule has 3 rings (SSSR count). The number of nitrogens with one attached hydrogen (secondary N) is 1. The summed E-state index contributed by atoms with van der Waals surface area (Å²) in [7, 11) is 0. The average molecular weight is 229 g/mol. The summed E-state index contributed by atoms with van der Waals surface area (Å²) >= 11 is 1.71. The van der Waals surface area contributed by atoms with Gasteiger partial charge in [0, 0.05) is 4.91 Å². The average Bonchev–Trinajstić information content (AvgIpc) is 2.77. The lowest BCUT2D eigenvalue weighted by atomic mass is 10.1. The van der Waals surface area contributed by atoms with Gasteiger partial charge in [0.05, 0.1) is 5.70 Å². The van der Waals surface area contributed by atoms with Gasteiger partial charge in [-0.15, -0.1) is 0 Å². The monoisotopic (exact) mass is 229 g/mol. The molecule has 16 heavy (non-hydrogen) atoms. The molecule has 4 heteroatoms. The van der Waals surface area contributed by atoms with Gasteiger partial charge in [0.15, 0.2) is 5.96 Å². The van der Waals surface area contributed by atoms with Crippen LogP contribution in [-0.4, -0.2) is 12.0 Å². The van der Waals surface area contributed by atoms with Crippen LogP contribution in [0.4, 0.5) is 0 Å². The molecule has 0 radical (unpaired) electrons. The minimum Gasteiger partial charge on any atom is -0.370 e. The van der Waals surface area contributed by atoms with E-state index in [1.54, 1.807) is 11.8 Å². The van der Waals surface area contributed by atoms with Crippen LogP contribution in [0.5, 0.6) is 0 Å². The number of hydrogen-bond donors (Lipinski definition) is 2. The van der Waals surface area contributed by atoms with Crippen LogP contribution in [0, 0.1) is 0 Å². The summed E-state index contributed by atoms with van der Waals surface area (Å²) in [6.07, 6.45) is 2.07. The van der Waals surface area contributed by atoms with Gasteiger partial charge >= 0.3 is 0 Å². The van der Waals surface area contributed by atoms with Gasteiger partial charge < -0.3 is 11.1 Å². The van der Waals surface area contributed by atoms with Crippen molar-refractivity contribution in [2.45, 2.75) is 6.04 Å². The third-order valence-corrected chi connectivity index (χ3v) is 3.56. The number of rotatable bonds is 1. The normalized spacial score (nSPS) is 22.8. The Balaban J connectivity index is 2.07. The summed E-state index contributed by atoms with van der Waals surface area (Å²) in [5.41, 5.74) is 8.01. The maximum Gasteiger partial charge on any atom is 0.194 e. The second-order valence-corrected chi connectivity index (χ2v) is 4.58. The van der Waals surface area contributed by atoms with Crippen molar-refractivity contribution in [3.63, 3.8) is 0 Å². The van der Waals surface area contributed by atoms with E-state index in [2.05, 4.69) is 33.9 Å². The molecule has 0 aliphatic carbocycles. The maximum atomic E-state index is 5.78. The van der Waals surface area contributed by atoms with Crippen LogP contribution in [0.25, 0.3) is 5.70 Å². The van der Waals surface area contributed by atoms with E-state index in [9.17, 15) is 0 Å². The van der Waals surface area contributed by atoms with Crippen LogP contribution in [0.3, 0.4) is 0 Å². The molecule has 1 atom stereocenters. The van der Waals surface area contributed by atoms with Crippen molar-refractivity contribution in [1.29, 1.82) is 0 Å². The van der Waals surface area contributed by atoms with Crippen LogP contribution in [-0.2, 0) is 0 Å². The molecule has 0 bridgehead atoms. The number of nitrogens with zero attached hydrogens (tertiary/aromatic N) is 1. The Morgan fingerprint density at radius 3 is 2.88 bits per heavy atom. The van der Waals surface area contributed by atoms with Crippen molar-refractivity contribution in [3.8, 4) is 0 Å². The van der Waals surface area contributed by atoms with Crippen molar-refractivity contribution in [2.75, 3.05) is 0 Å². The van der Waals surface area contributed by atoms with Crippen molar-refractivity contribution in [3.05, 3.63) is 52.3 Å². The van der Waals surface area contributed by atoms with Gasteiger partial charge in [0.25, 0.3) is 0 Å². The van der Waals surface area contributed by atoms with Crippen LogP contribution >= 0.6 is 11.8 Å². The minimum atomic E-state index is 0.0986. The van der Waals surface area contributed by atoms with E-state index >= 15 is 0 Å². The van der Waals surface area contributed by atoms with Crippen molar-refractivity contribution < 1.29 is 0 Å². The Bertz CT molecular complexity index is 502. The zero-order valence-electron chi connectivity index (χ0n) is 8.55. The lowest BCUT2D eigenvalue weighted by molar-refractivity contribution is 0.959. The van der Waals surface area contributed by atoms with Crippen LogP contribution in [0.2, 0.25) is 0 Å². The summed E-state index contributed by atoms with van der Waals surface area (Å²) in [5.74, 6) is 0.486. The lowest BCUT2D eigenvalue weighted by Gasteiger charge is -2.21. The first kappa shape index (κ1) is 9.54. The molecule has 1 unspecified atom stereocenters. The molecule has 2 heterocycles. The molecule has 0 saturated carbocycles. The first-order chi connectivity index (χ1) is 7.84. The number of guanidine groups is 1. The number of nitrogens with two attached hydrogens (primary N) is 1. The molecule has 0 saturated heterocycles. The Morgan fingerprint density at radius 1 is 1.25 bits per heavy atom. The topological polar surface area (TPSA) is 50.4 Å². The van der Waals surface area contributed by atoms with Gasteiger partial charge in [-0.05, 0) is 17.0 Å². The van der Waals surface area contributed by atoms with Gasteiger partial charge in [-0.3, -0.25) is 0 Å². The highest BCUT2D eigenvalue weighted by Crippen LogP contribution is 2.37. The Hall–Kier alpha value is -1.68. The number of thioether (sulfide) groups is 1. The van der Waals surface area contributed by atoms with Crippen LogP contribution < -0.4 is 11.1 Å². The van der Waals surface area contributed by atoms with Crippen LogP contribution in [0.15, 0.2) is 51.7 Å². The highest BCUT2D eigenvalue weighted by atomic mass is 32.2. The molecule has 0 fully saturated rings. The molecule has 2 aliphatic heterocycles. The SMILES string of the molecule is NC1=NC2C=CSC2=C(c2ccccc2)N1. The summed E-state index contributed by atoms with van der Waals surface area (Å²) in [5, 5.41) is 5.21. The Labute approximate surface area is 98.1 Å². The van der Waals surface area contributed by atoms with E-state index in [1.807, 2.05) is 18.2 Å². The van der Waals surface area contributed by atoms with Crippen molar-refractivity contribution >= 4 is 23.4 Å².